The number of aryl methyl sites for hydroxylation is 1. The van der Waals surface area contributed by atoms with Gasteiger partial charge in [0.25, 0.3) is 0 Å². The summed E-state index contributed by atoms with van der Waals surface area (Å²) in [7, 11) is 2.02. The van der Waals surface area contributed by atoms with Gasteiger partial charge in [-0.05, 0) is 50.2 Å². The van der Waals surface area contributed by atoms with Crippen LogP contribution in [0.2, 0.25) is 0 Å². The van der Waals surface area contributed by atoms with Gasteiger partial charge in [0.05, 0.1) is 19.3 Å². The smallest absolute Gasteiger partial charge is 0.119 e. The minimum absolute atomic E-state index is 0.0120. The number of rotatable bonds is 9. The first-order valence-electron chi connectivity index (χ1n) is 9.73. The van der Waals surface area contributed by atoms with E-state index in [1.807, 2.05) is 37.4 Å². The van der Waals surface area contributed by atoms with Gasteiger partial charge in [-0.2, -0.15) is 0 Å². The first-order valence-corrected chi connectivity index (χ1v) is 9.73. The first-order chi connectivity index (χ1) is 13.5. The third kappa shape index (κ3) is 4.73. The van der Waals surface area contributed by atoms with Crippen LogP contribution < -0.4 is 4.74 Å². The Kier molecular flexibility index (Phi) is 6.73. The van der Waals surface area contributed by atoms with E-state index in [4.69, 9.17) is 9.84 Å². The van der Waals surface area contributed by atoms with Crippen LogP contribution >= 0.6 is 0 Å². The normalized spacial score (nSPS) is 12.6. The number of ether oxygens (including phenoxy) is 1. The molecule has 0 aliphatic heterocycles. The number of fused-ring (bicyclic) bond motifs is 1. The average molecular weight is 383 g/mol. The Morgan fingerprint density at radius 3 is 2.50 bits per heavy atom. The number of aliphatic hydroxyl groups is 2. The average Bonchev–Trinajstić information content (AvgIpc) is 2.92. The minimum Gasteiger partial charge on any atom is -0.491 e. The fourth-order valence-electron chi connectivity index (χ4n) is 3.70. The molecule has 0 saturated carbocycles. The number of para-hydroxylation sites is 1. The lowest BCUT2D eigenvalue weighted by Crippen LogP contribution is -2.32. The largest absolute Gasteiger partial charge is 0.491 e. The van der Waals surface area contributed by atoms with Gasteiger partial charge in [-0.15, -0.1) is 0 Å². The molecule has 3 rings (SSSR count). The lowest BCUT2D eigenvalue weighted by atomic mass is 10.2. The van der Waals surface area contributed by atoms with Gasteiger partial charge in [0, 0.05) is 29.7 Å². The van der Waals surface area contributed by atoms with Crippen molar-refractivity contribution >= 4 is 10.9 Å². The highest BCUT2D eigenvalue weighted by atomic mass is 16.5. The molecular weight excluding hydrogens is 352 g/mol. The van der Waals surface area contributed by atoms with Crippen molar-refractivity contribution < 1.29 is 14.9 Å². The second-order valence-corrected chi connectivity index (χ2v) is 7.40. The van der Waals surface area contributed by atoms with Gasteiger partial charge in [-0.25, -0.2) is 0 Å². The molecule has 0 unspecified atom stereocenters. The Morgan fingerprint density at radius 1 is 1.07 bits per heavy atom. The summed E-state index contributed by atoms with van der Waals surface area (Å²) in [6.45, 7) is 6.50. The van der Waals surface area contributed by atoms with Crippen molar-refractivity contribution in [2.45, 2.75) is 33.0 Å². The van der Waals surface area contributed by atoms with Crippen LogP contribution in [0.25, 0.3) is 10.9 Å². The molecule has 5 heteroatoms. The van der Waals surface area contributed by atoms with E-state index in [1.54, 1.807) is 0 Å². The maximum Gasteiger partial charge on any atom is 0.119 e. The molecule has 5 nitrogen and oxygen atoms in total. The summed E-state index contributed by atoms with van der Waals surface area (Å²) in [5, 5.41) is 20.7. The standard InChI is InChI=1S/C23H30N2O3/c1-17-18(2)25(23-7-5-4-6-22(17)23)16-20(27)15-24(3)14-19-8-10-21(11-9-19)28-13-12-26/h4-11,20,26-27H,12-16H2,1-3H3/t20-/m0/s1. The molecule has 1 heterocycles. The van der Waals surface area contributed by atoms with Gasteiger partial charge >= 0.3 is 0 Å². The molecule has 28 heavy (non-hydrogen) atoms. The van der Waals surface area contributed by atoms with Crippen molar-refractivity contribution in [3.05, 3.63) is 65.4 Å². The van der Waals surface area contributed by atoms with Crippen LogP contribution in [0, 0.1) is 13.8 Å². The van der Waals surface area contributed by atoms with Crippen LogP contribution in [0.1, 0.15) is 16.8 Å². The van der Waals surface area contributed by atoms with Crippen LogP contribution in [0.4, 0.5) is 0 Å². The van der Waals surface area contributed by atoms with Gasteiger partial charge in [0.15, 0.2) is 0 Å². The third-order valence-electron chi connectivity index (χ3n) is 5.20. The molecule has 0 spiro atoms. The van der Waals surface area contributed by atoms with E-state index in [1.165, 1.54) is 22.2 Å². The van der Waals surface area contributed by atoms with E-state index >= 15 is 0 Å². The van der Waals surface area contributed by atoms with Gasteiger partial charge < -0.3 is 19.5 Å². The van der Waals surface area contributed by atoms with Gasteiger partial charge in [0.1, 0.15) is 12.4 Å². The molecule has 2 aromatic carbocycles. The molecule has 150 valence electrons. The second kappa shape index (κ2) is 9.24. The van der Waals surface area contributed by atoms with Gasteiger partial charge in [-0.3, -0.25) is 4.90 Å². The lowest BCUT2D eigenvalue weighted by Gasteiger charge is -2.22. The molecule has 3 aromatic rings. The Bertz CT molecular complexity index is 902. The molecule has 0 bridgehead atoms. The number of hydrogen-bond acceptors (Lipinski definition) is 4. The molecule has 0 aliphatic carbocycles. The Morgan fingerprint density at radius 2 is 1.79 bits per heavy atom. The SMILES string of the molecule is Cc1c(C)n(C[C@@H](O)CN(C)Cc2ccc(OCCO)cc2)c2ccccc12. The number of nitrogens with zero attached hydrogens (tertiary/aromatic N) is 2. The fraction of sp³-hybridized carbons (Fsp3) is 0.391. The number of benzene rings is 2. The van der Waals surface area contributed by atoms with Gasteiger partial charge in [0.2, 0.25) is 0 Å². The number of likely N-dealkylation sites (N-methyl/N-ethyl adjacent to an activating group) is 1. The lowest BCUT2D eigenvalue weighted by molar-refractivity contribution is 0.108. The highest BCUT2D eigenvalue weighted by Crippen LogP contribution is 2.25. The second-order valence-electron chi connectivity index (χ2n) is 7.40. The number of aliphatic hydroxyl groups excluding tert-OH is 2. The van der Waals surface area contributed by atoms with Crippen molar-refractivity contribution in [1.82, 2.24) is 9.47 Å². The molecule has 0 saturated heterocycles. The highest BCUT2D eigenvalue weighted by Gasteiger charge is 2.15. The number of aromatic nitrogens is 1. The molecule has 2 N–H and O–H groups in total. The Labute approximate surface area is 166 Å². The molecule has 0 fully saturated rings. The summed E-state index contributed by atoms with van der Waals surface area (Å²) in [6, 6.07) is 16.2. The highest BCUT2D eigenvalue weighted by molar-refractivity contribution is 5.85. The van der Waals surface area contributed by atoms with Gasteiger partial charge in [-0.1, -0.05) is 30.3 Å². The van der Waals surface area contributed by atoms with Crippen molar-refractivity contribution in [2.75, 3.05) is 26.8 Å². The zero-order valence-electron chi connectivity index (χ0n) is 16.9. The zero-order valence-corrected chi connectivity index (χ0v) is 16.9. The first kappa shape index (κ1) is 20.4. The van der Waals surface area contributed by atoms with Crippen LogP contribution in [-0.4, -0.2) is 52.6 Å². The molecule has 0 aliphatic rings. The van der Waals surface area contributed by atoms with Crippen LogP contribution in [0.15, 0.2) is 48.5 Å². The molecule has 1 atom stereocenters. The van der Waals surface area contributed by atoms with Crippen molar-refractivity contribution in [1.29, 1.82) is 0 Å². The van der Waals surface area contributed by atoms with Crippen LogP contribution in [0.3, 0.4) is 0 Å². The maximum atomic E-state index is 10.7. The van der Waals surface area contributed by atoms with E-state index < -0.39 is 6.10 Å². The molecular formula is C23H30N2O3. The summed E-state index contributed by atoms with van der Waals surface area (Å²) in [5.41, 5.74) is 4.82. The Hall–Kier alpha value is -2.34. The van der Waals surface area contributed by atoms with Crippen molar-refractivity contribution in [3.8, 4) is 5.75 Å². The zero-order chi connectivity index (χ0) is 20.1. The predicted molar refractivity (Wildman–Crippen MR) is 113 cm³/mol. The van der Waals surface area contributed by atoms with Crippen molar-refractivity contribution in [3.63, 3.8) is 0 Å². The monoisotopic (exact) mass is 382 g/mol. The van der Waals surface area contributed by atoms with E-state index in [2.05, 4.69) is 41.5 Å². The quantitative estimate of drug-likeness (QED) is 0.597. The fourth-order valence-corrected chi connectivity index (χ4v) is 3.70. The Balaban J connectivity index is 1.59. The van der Waals surface area contributed by atoms with Crippen LogP contribution in [0.5, 0.6) is 5.75 Å². The van der Waals surface area contributed by atoms with Crippen LogP contribution in [-0.2, 0) is 13.1 Å². The van der Waals surface area contributed by atoms with E-state index in [0.29, 0.717) is 19.7 Å². The number of hydrogen-bond donors (Lipinski definition) is 2. The third-order valence-corrected chi connectivity index (χ3v) is 5.20. The summed E-state index contributed by atoms with van der Waals surface area (Å²) in [5.74, 6) is 0.755. The molecule has 1 aromatic heterocycles. The van der Waals surface area contributed by atoms with E-state index in [9.17, 15) is 5.11 Å². The van der Waals surface area contributed by atoms with Crippen molar-refractivity contribution in [2.24, 2.45) is 0 Å². The summed E-state index contributed by atoms with van der Waals surface area (Å²) >= 11 is 0. The van der Waals surface area contributed by atoms with E-state index in [-0.39, 0.29) is 6.61 Å². The van der Waals surface area contributed by atoms with E-state index in [0.717, 1.165) is 17.9 Å². The topological polar surface area (TPSA) is 57.9 Å². The molecule has 0 radical (unpaired) electrons. The minimum atomic E-state index is -0.453. The molecule has 0 amide bonds. The summed E-state index contributed by atoms with van der Waals surface area (Å²) < 4.78 is 7.61. The summed E-state index contributed by atoms with van der Waals surface area (Å²) in [6.07, 6.45) is -0.453. The maximum absolute atomic E-state index is 10.7. The summed E-state index contributed by atoms with van der Waals surface area (Å²) in [4.78, 5) is 2.13. The predicted octanol–water partition coefficient (Wildman–Crippen LogP) is 3.12.